The predicted molar refractivity (Wildman–Crippen MR) is 128 cm³/mol. The highest BCUT2D eigenvalue weighted by Crippen LogP contribution is 2.22. The molecule has 166 valence electrons. The number of aryl methyl sites for hydroxylation is 1. The molecule has 0 aliphatic rings. The van der Waals surface area contributed by atoms with E-state index in [-0.39, 0.29) is 5.78 Å². The number of benzene rings is 1. The zero-order chi connectivity index (χ0) is 22.1. The van der Waals surface area contributed by atoms with Gasteiger partial charge in [-0.2, -0.15) is 0 Å². The number of unbranched alkanes of at least 4 members (excludes halogenated alkanes) is 1. The molecule has 0 amide bonds. The number of hydrogen-bond acceptors (Lipinski definition) is 3. The maximum Gasteiger partial charge on any atom is 0.210 e. The standard InChI is InChI=1S/C27H36N2O2/c1-4-16-28(17-5-2)18-9-10-20-31-25-14-12-23(13-15-25)27(30)26-22(6-3)21-24-11-7-8-19-29(24)26/h7-8,11-15,19,21H,4-6,9-10,16-18,20H2,1-3H3. The third-order valence-corrected chi connectivity index (χ3v) is 5.69. The molecule has 0 spiro atoms. The van der Waals surface area contributed by atoms with Crippen molar-refractivity contribution in [3.63, 3.8) is 0 Å². The summed E-state index contributed by atoms with van der Waals surface area (Å²) in [5, 5.41) is 0. The van der Waals surface area contributed by atoms with Gasteiger partial charge in [-0.25, -0.2) is 0 Å². The summed E-state index contributed by atoms with van der Waals surface area (Å²) in [7, 11) is 0. The Kier molecular flexibility index (Phi) is 8.72. The number of rotatable bonds is 13. The van der Waals surface area contributed by atoms with Gasteiger partial charge in [-0.15, -0.1) is 0 Å². The lowest BCUT2D eigenvalue weighted by atomic mass is 10.0. The lowest BCUT2D eigenvalue weighted by molar-refractivity contribution is 0.103. The summed E-state index contributed by atoms with van der Waals surface area (Å²) >= 11 is 0. The Morgan fingerprint density at radius 3 is 2.35 bits per heavy atom. The average Bonchev–Trinajstić information content (AvgIpc) is 3.18. The molecule has 0 N–H and O–H groups in total. The van der Waals surface area contributed by atoms with Crippen LogP contribution in [0.4, 0.5) is 0 Å². The molecular weight excluding hydrogens is 384 g/mol. The SMILES string of the molecule is CCCN(CCC)CCCCOc1ccc(C(=O)c2c(CC)cc3ccccn23)cc1. The molecule has 0 bridgehead atoms. The van der Waals surface area contributed by atoms with Crippen LogP contribution in [0.5, 0.6) is 5.75 Å². The normalized spacial score (nSPS) is 11.4. The van der Waals surface area contributed by atoms with Crippen molar-refractivity contribution >= 4 is 11.3 Å². The van der Waals surface area contributed by atoms with Crippen LogP contribution in [0, 0.1) is 0 Å². The van der Waals surface area contributed by atoms with Crippen molar-refractivity contribution in [3.05, 3.63) is 71.5 Å². The molecule has 0 unspecified atom stereocenters. The summed E-state index contributed by atoms with van der Waals surface area (Å²) in [5.41, 5.74) is 3.59. The summed E-state index contributed by atoms with van der Waals surface area (Å²) in [5.74, 6) is 0.882. The lowest BCUT2D eigenvalue weighted by Crippen LogP contribution is -2.26. The molecule has 0 saturated heterocycles. The van der Waals surface area contributed by atoms with Gasteiger partial charge in [0, 0.05) is 17.3 Å². The van der Waals surface area contributed by atoms with E-state index in [9.17, 15) is 4.79 Å². The fourth-order valence-corrected chi connectivity index (χ4v) is 4.14. The quantitative estimate of drug-likeness (QED) is 0.251. The van der Waals surface area contributed by atoms with Crippen LogP contribution in [0.25, 0.3) is 5.52 Å². The van der Waals surface area contributed by atoms with Gasteiger partial charge in [0.15, 0.2) is 0 Å². The van der Waals surface area contributed by atoms with Gasteiger partial charge in [0.2, 0.25) is 5.78 Å². The zero-order valence-electron chi connectivity index (χ0n) is 19.3. The minimum absolute atomic E-state index is 0.0570. The summed E-state index contributed by atoms with van der Waals surface area (Å²) in [6.45, 7) is 10.8. The number of hydrogen-bond donors (Lipinski definition) is 0. The number of pyridine rings is 1. The molecule has 31 heavy (non-hydrogen) atoms. The van der Waals surface area contributed by atoms with Crippen molar-refractivity contribution in [3.8, 4) is 5.75 Å². The van der Waals surface area contributed by atoms with Crippen molar-refractivity contribution in [2.45, 2.75) is 52.9 Å². The number of ketones is 1. The number of fused-ring (bicyclic) bond motifs is 1. The smallest absolute Gasteiger partial charge is 0.210 e. The van der Waals surface area contributed by atoms with E-state index >= 15 is 0 Å². The fraction of sp³-hybridized carbons (Fsp3) is 0.444. The molecule has 4 heteroatoms. The number of carbonyl (C=O) groups excluding carboxylic acids is 1. The van der Waals surface area contributed by atoms with E-state index in [0.29, 0.717) is 12.2 Å². The zero-order valence-corrected chi connectivity index (χ0v) is 19.3. The molecule has 0 atom stereocenters. The van der Waals surface area contributed by atoms with Crippen molar-refractivity contribution in [2.75, 3.05) is 26.2 Å². The maximum absolute atomic E-state index is 13.2. The van der Waals surface area contributed by atoms with E-state index in [1.54, 1.807) is 0 Å². The van der Waals surface area contributed by atoms with Gasteiger partial charge >= 0.3 is 0 Å². The molecule has 0 fully saturated rings. The van der Waals surface area contributed by atoms with E-state index in [2.05, 4.69) is 31.7 Å². The third kappa shape index (κ3) is 5.98. The Hall–Kier alpha value is -2.59. The highest BCUT2D eigenvalue weighted by atomic mass is 16.5. The van der Waals surface area contributed by atoms with Gasteiger partial charge in [0.1, 0.15) is 5.75 Å². The third-order valence-electron chi connectivity index (χ3n) is 5.69. The molecule has 1 aromatic carbocycles. The number of nitrogens with zero attached hydrogens (tertiary/aromatic N) is 2. The molecule has 2 aromatic heterocycles. The van der Waals surface area contributed by atoms with Crippen LogP contribution in [0.2, 0.25) is 0 Å². The largest absolute Gasteiger partial charge is 0.494 e. The van der Waals surface area contributed by atoms with Crippen LogP contribution in [-0.2, 0) is 6.42 Å². The van der Waals surface area contributed by atoms with Gasteiger partial charge in [-0.3, -0.25) is 4.79 Å². The Bertz CT molecular complexity index is 953. The van der Waals surface area contributed by atoms with Gasteiger partial charge in [-0.1, -0.05) is 26.8 Å². The molecule has 0 aliphatic carbocycles. The molecule has 0 saturated carbocycles. The Labute approximate surface area is 186 Å². The van der Waals surface area contributed by atoms with Gasteiger partial charge in [-0.05, 0) is 99.8 Å². The monoisotopic (exact) mass is 420 g/mol. The Balaban J connectivity index is 1.55. The second-order valence-corrected chi connectivity index (χ2v) is 8.12. The van der Waals surface area contributed by atoms with Crippen LogP contribution in [0.3, 0.4) is 0 Å². The average molecular weight is 421 g/mol. The summed E-state index contributed by atoms with van der Waals surface area (Å²) in [6, 6.07) is 15.7. The number of carbonyl (C=O) groups is 1. The maximum atomic E-state index is 13.2. The Morgan fingerprint density at radius 2 is 1.68 bits per heavy atom. The summed E-state index contributed by atoms with van der Waals surface area (Å²) in [4.78, 5) is 15.8. The summed E-state index contributed by atoms with van der Waals surface area (Å²) < 4.78 is 7.91. The van der Waals surface area contributed by atoms with Crippen molar-refractivity contribution < 1.29 is 9.53 Å². The van der Waals surface area contributed by atoms with E-state index in [0.717, 1.165) is 48.3 Å². The Morgan fingerprint density at radius 1 is 0.935 bits per heavy atom. The number of ether oxygens (including phenoxy) is 1. The van der Waals surface area contributed by atoms with Gasteiger partial charge in [0.25, 0.3) is 0 Å². The van der Waals surface area contributed by atoms with Crippen LogP contribution in [0.15, 0.2) is 54.7 Å². The second kappa shape index (κ2) is 11.7. The molecular formula is C27H36N2O2. The van der Waals surface area contributed by atoms with E-state index in [1.807, 2.05) is 53.1 Å². The van der Waals surface area contributed by atoms with Crippen LogP contribution >= 0.6 is 0 Å². The minimum atomic E-state index is 0.0570. The van der Waals surface area contributed by atoms with E-state index in [4.69, 9.17) is 4.74 Å². The first-order chi connectivity index (χ1) is 15.2. The van der Waals surface area contributed by atoms with Crippen LogP contribution in [0.1, 0.15) is 68.1 Å². The first kappa shape index (κ1) is 23.1. The first-order valence-corrected chi connectivity index (χ1v) is 11.8. The summed E-state index contributed by atoms with van der Waals surface area (Å²) in [6.07, 6.45) is 7.40. The molecule has 2 heterocycles. The van der Waals surface area contributed by atoms with Crippen LogP contribution < -0.4 is 4.74 Å². The minimum Gasteiger partial charge on any atom is -0.494 e. The second-order valence-electron chi connectivity index (χ2n) is 8.12. The number of aromatic nitrogens is 1. The molecule has 3 rings (SSSR count). The van der Waals surface area contributed by atoms with Crippen molar-refractivity contribution in [1.82, 2.24) is 9.30 Å². The first-order valence-electron chi connectivity index (χ1n) is 11.8. The van der Waals surface area contributed by atoms with Gasteiger partial charge in [0.05, 0.1) is 12.3 Å². The highest BCUT2D eigenvalue weighted by molar-refractivity contribution is 6.09. The van der Waals surface area contributed by atoms with Crippen LogP contribution in [-0.4, -0.2) is 41.3 Å². The van der Waals surface area contributed by atoms with E-state index in [1.165, 1.54) is 25.9 Å². The molecule has 0 radical (unpaired) electrons. The molecule has 4 nitrogen and oxygen atoms in total. The molecule has 0 aliphatic heterocycles. The predicted octanol–water partition coefficient (Wildman–Crippen LogP) is 6.01. The molecule has 3 aromatic rings. The van der Waals surface area contributed by atoms with Crippen molar-refractivity contribution in [2.24, 2.45) is 0 Å². The highest BCUT2D eigenvalue weighted by Gasteiger charge is 2.18. The van der Waals surface area contributed by atoms with Crippen molar-refractivity contribution in [1.29, 1.82) is 0 Å². The lowest BCUT2D eigenvalue weighted by Gasteiger charge is -2.20. The fourth-order valence-electron chi connectivity index (χ4n) is 4.14. The topological polar surface area (TPSA) is 34.0 Å². The van der Waals surface area contributed by atoms with E-state index < -0.39 is 0 Å². The van der Waals surface area contributed by atoms with Gasteiger partial charge < -0.3 is 14.0 Å².